The van der Waals surface area contributed by atoms with E-state index in [1.807, 2.05) is 6.92 Å². The van der Waals surface area contributed by atoms with Gasteiger partial charge in [0, 0.05) is 12.6 Å². The van der Waals surface area contributed by atoms with Gasteiger partial charge >= 0.3 is 6.18 Å². The molecule has 82 valence electrons. The largest absolute Gasteiger partial charge is 0.397 e. The van der Waals surface area contributed by atoms with E-state index >= 15 is 0 Å². The highest BCUT2D eigenvalue weighted by Crippen LogP contribution is 2.19. The van der Waals surface area contributed by atoms with Gasteiger partial charge < -0.3 is 10.6 Å². The van der Waals surface area contributed by atoms with Crippen LogP contribution in [0.3, 0.4) is 0 Å². The zero-order valence-electron chi connectivity index (χ0n) is 7.82. The van der Waals surface area contributed by atoms with Gasteiger partial charge in [0.2, 0.25) is 5.91 Å². The number of carbonyl (C=O) groups excluding carboxylic acids is 1. The lowest BCUT2D eigenvalue weighted by molar-refractivity contribution is -0.154. The predicted molar refractivity (Wildman–Crippen MR) is 44.6 cm³/mol. The van der Waals surface area contributed by atoms with Crippen molar-refractivity contribution >= 4 is 5.91 Å². The topological polar surface area (TPSA) is 41.1 Å². The first-order chi connectivity index (χ1) is 6.38. The molecule has 0 bridgehead atoms. The van der Waals surface area contributed by atoms with Crippen LogP contribution < -0.4 is 10.6 Å². The van der Waals surface area contributed by atoms with Gasteiger partial charge in [-0.25, -0.2) is 0 Å². The lowest BCUT2D eigenvalue weighted by Crippen LogP contribution is -2.41. The van der Waals surface area contributed by atoms with Crippen LogP contribution in [0.1, 0.15) is 13.3 Å². The van der Waals surface area contributed by atoms with Gasteiger partial charge in [0.15, 0.2) is 0 Å². The minimum absolute atomic E-state index is 0.176. The number of hydrogen-bond donors (Lipinski definition) is 2. The second-order valence-electron chi connectivity index (χ2n) is 3.60. The summed E-state index contributed by atoms with van der Waals surface area (Å²) in [5, 5.41) is 5.36. The molecule has 0 saturated carbocycles. The maximum atomic E-state index is 11.8. The molecular weight excluding hydrogens is 197 g/mol. The van der Waals surface area contributed by atoms with E-state index in [1.165, 1.54) is 0 Å². The van der Waals surface area contributed by atoms with Gasteiger partial charge in [0.05, 0.1) is 0 Å². The number of rotatable bonds is 2. The lowest BCUT2D eigenvalue weighted by atomic mass is 10.1. The van der Waals surface area contributed by atoms with E-state index in [0.29, 0.717) is 6.54 Å². The number of nitrogens with one attached hydrogen (secondary N) is 2. The second kappa shape index (κ2) is 4.16. The summed E-state index contributed by atoms with van der Waals surface area (Å²) in [6.45, 7) is 3.17. The monoisotopic (exact) mass is 210 g/mol. The summed E-state index contributed by atoms with van der Waals surface area (Å²) in [6.07, 6.45) is -5.81. The van der Waals surface area contributed by atoms with Gasteiger partial charge in [0.1, 0.15) is 6.42 Å². The molecule has 1 rings (SSSR count). The number of carbonyl (C=O) groups is 1. The first-order valence-electron chi connectivity index (χ1n) is 4.45. The van der Waals surface area contributed by atoms with Crippen LogP contribution in [0.15, 0.2) is 0 Å². The molecule has 1 saturated heterocycles. The standard InChI is InChI=1S/C8H13F3N2O/c1-5-3-12-4-6(5)13-7(14)2-8(9,10)11/h5-6,12H,2-4H2,1H3,(H,13,14). The number of hydrogen-bond acceptors (Lipinski definition) is 2. The molecule has 1 aliphatic heterocycles. The Morgan fingerprint density at radius 2 is 2.14 bits per heavy atom. The average molecular weight is 210 g/mol. The van der Waals surface area contributed by atoms with Gasteiger partial charge in [-0.2, -0.15) is 13.2 Å². The second-order valence-corrected chi connectivity index (χ2v) is 3.60. The SMILES string of the molecule is CC1CNCC1NC(=O)CC(F)(F)F. The van der Waals surface area contributed by atoms with Crippen molar-refractivity contribution in [2.45, 2.75) is 25.6 Å². The average Bonchev–Trinajstić information content (AvgIpc) is 2.32. The molecule has 0 aliphatic carbocycles. The third-order valence-electron chi connectivity index (χ3n) is 2.22. The Morgan fingerprint density at radius 1 is 1.50 bits per heavy atom. The van der Waals surface area contributed by atoms with Crippen LogP contribution in [0.2, 0.25) is 0 Å². The highest BCUT2D eigenvalue weighted by atomic mass is 19.4. The summed E-state index contributed by atoms with van der Waals surface area (Å²) in [4.78, 5) is 10.9. The molecule has 3 nitrogen and oxygen atoms in total. The Bertz CT molecular complexity index is 217. The van der Waals surface area contributed by atoms with Gasteiger partial charge in [-0.1, -0.05) is 6.92 Å². The van der Waals surface area contributed by atoms with E-state index in [2.05, 4.69) is 10.6 Å². The molecule has 1 amide bonds. The van der Waals surface area contributed by atoms with Gasteiger partial charge in [-0.15, -0.1) is 0 Å². The lowest BCUT2D eigenvalue weighted by Gasteiger charge is -2.16. The molecular formula is C8H13F3N2O. The Balaban J connectivity index is 2.33. The molecule has 0 aromatic heterocycles. The number of amides is 1. The first kappa shape index (κ1) is 11.3. The van der Waals surface area contributed by atoms with Crippen molar-refractivity contribution in [3.63, 3.8) is 0 Å². The molecule has 0 aromatic rings. The summed E-state index contributed by atoms with van der Waals surface area (Å²) in [5.74, 6) is -0.759. The van der Waals surface area contributed by atoms with Crippen molar-refractivity contribution in [2.24, 2.45) is 5.92 Å². The van der Waals surface area contributed by atoms with E-state index in [9.17, 15) is 18.0 Å². The summed E-state index contributed by atoms with van der Waals surface area (Å²) in [5.41, 5.74) is 0. The Labute approximate surface area is 80.0 Å². The molecule has 2 unspecified atom stereocenters. The zero-order chi connectivity index (χ0) is 10.8. The van der Waals surface area contributed by atoms with E-state index in [4.69, 9.17) is 0 Å². The van der Waals surface area contributed by atoms with Crippen molar-refractivity contribution < 1.29 is 18.0 Å². The fourth-order valence-corrected chi connectivity index (χ4v) is 1.44. The summed E-state index contributed by atoms with van der Waals surface area (Å²) < 4.78 is 35.4. The quantitative estimate of drug-likeness (QED) is 0.703. The van der Waals surface area contributed by atoms with Crippen LogP contribution in [-0.2, 0) is 4.79 Å². The van der Waals surface area contributed by atoms with Crippen LogP contribution in [-0.4, -0.2) is 31.2 Å². The first-order valence-corrected chi connectivity index (χ1v) is 4.45. The third-order valence-corrected chi connectivity index (χ3v) is 2.22. The van der Waals surface area contributed by atoms with E-state index in [-0.39, 0.29) is 12.0 Å². The van der Waals surface area contributed by atoms with Crippen molar-refractivity contribution in [3.8, 4) is 0 Å². The molecule has 1 aliphatic rings. The number of halogens is 3. The van der Waals surface area contributed by atoms with Crippen molar-refractivity contribution in [1.82, 2.24) is 10.6 Å². The van der Waals surface area contributed by atoms with Crippen LogP contribution in [0, 0.1) is 5.92 Å². The minimum Gasteiger partial charge on any atom is -0.351 e. The predicted octanol–water partition coefficient (Wildman–Crippen LogP) is 0.663. The minimum atomic E-state index is -4.42. The van der Waals surface area contributed by atoms with E-state index < -0.39 is 18.5 Å². The Kier molecular flexibility index (Phi) is 3.36. The van der Waals surface area contributed by atoms with Crippen molar-refractivity contribution in [3.05, 3.63) is 0 Å². The van der Waals surface area contributed by atoms with Crippen molar-refractivity contribution in [1.29, 1.82) is 0 Å². The summed E-state index contributed by atoms with van der Waals surface area (Å²) in [7, 11) is 0. The van der Waals surface area contributed by atoms with Crippen LogP contribution in [0.25, 0.3) is 0 Å². The highest BCUT2D eigenvalue weighted by Gasteiger charge is 2.33. The molecule has 1 fully saturated rings. The molecule has 2 N–H and O–H groups in total. The number of alkyl halides is 3. The smallest absolute Gasteiger partial charge is 0.351 e. The van der Waals surface area contributed by atoms with Crippen LogP contribution in [0.5, 0.6) is 0 Å². The van der Waals surface area contributed by atoms with Gasteiger partial charge in [-0.3, -0.25) is 4.79 Å². The van der Waals surface area contributed by atoms with Gasteiger partial charge in [-0.05, 0) is 12.5 Å². The van der Waals surface area contributed by atoms with E-state index in [0.717, 1.165) is 6.54 Å². The summed E-state index contributed by atoms with van der Waals surface area (Å²) in [6, 6.07) is -0.176. The van der Waals surface area contributed by atoms with Crippen molar-refractivity contribution in [2.75, 3.05) is 13.1 Å². The molecule has 14 heavy (non-hydrogen) atoms. The molecule has 0 spiro atoms. The molecule has 2 atom stereocenters. The normalized spacial score (nSPS) is 27.7. The molecule has 0 aromatic carbocycles. The Hall–Kier alpha value is -0.780. The molecule has 6 heteroatoms. The maximum absolute atomic E-state index is 11.8. The third kappa shape index (κ3) is 3.53. The van der Waals surface area contributed by atoms with Crippen LogP contribution >= 0.6 is 0 Å². The molecule has 1 heterocycles. The maximum Gasteiger partial charge on any atom is 0.397 e. The molecule has 0 radical (unpaired) electrons. The fraction of sp³-hybridized carbons (Fsp3) is 0.875. The highest BCUT2D eigenvalue weighted by molar-refractivity contribution is 5.77. The zero-order valence-corrected chi connectivity index (χ0v) is 7.82. The van der Waals surface area contributed by atoms with Gasteiger partial charge in [0.25, 0.3) is 0 Å². The summed E-state index contributed by atoms with van der Waals surface area (Å²) >= 11 is 0. The van der Waals surface area contributed by atoms with E-state index in [1.54, 1.807) is 0 Å². The van der Waals surface area contributed by atoms with Crippen LogP contribution in [0.4, 0.5) is 13.2 Å². The fourth-order valence-electron chi connectivity index (χ4n) is 1.44. The Morgan fingerprint density at radius 3 is 2.57 bits per heavy atom.